The lowest BCUT2D eigenvalue weighted by Crippen LogP contribution is -2.31. The average molecular weight is 321 g/mol. The van der Waals surface area contributed by atoms with Crippen molar-refractivity contribution in [1.29, 1.82) is 0 Å². The zero-order valence-corrected chi connectivity index (χ0v) is 15.4. The first-order valence-electron chi connectivity index (χ1n) is 8.36. The van der Waals surface area contributed by atoms with E-state index in [4.69, 9.17) is 0 Å². The molecule has 23 heavy (non-hydrogen) atoms. The molecule has 0 spiro atoms. The standard InChI is InChI=1S/C10H21N.C9H10O3/c1-9(10(2,3)4)7-6-8-11-5;1-9-5-3-2-4-6(9)7(10)12-8(9)11/h7,11H,6,8H2,1-5H3;2-3,6H,4-5H2,1H3/b9-7+;. The van der Waals surface area contributed by atoms with Crippen LogP contribution in [0.15, 0.2) is 23.8 Å². The third-order valence-electron chi connectivity index (χ3n) is 4.82. The van der Waals surface area contributed by atoms with Crippen LogP contribution in [0.5, 0.6) is 0 Å². The largest absolute Gasteiger partial charge is 0.392 e. The highest BCUT2D eigenvalue weighted by molar-refractivity contribution is 5.99. The normalized spacial score (nSPS) is 27.2. The summed E-state index contributed by atoms with van der Waals surface area (Å²) in [5.41, 5.74) is 1.24. The first kappa shape index (κ1) is 19.6. The van der Waals surface area contributed by atoms with Gasteiger partial charge in [-0.25, -0.2) is 0 Å². The number of hydrogen-bond acceptors (Lipinski definition) is 4. The summed E-state index contributed by atoms with van der Waals surface area (Å²) in [4.78, 5) is 22.4. The van der Waals surface area contributed by atoms with E-state index in [1.165, 1.54) is 5.57 Å². The molecule has 2 unspecified atom stereocenters. The molecule has 1 aliphatic carbocycles. The van der Waals surface area contributed by atoms with E-state index in [0.29, 0.717) is 18.3 Å². The summed E-state index contributed by atoms with van der Waals surface area (Å²) in [6.07, 6.45) is 8.60. The van der Waals surface area contributed by atoms with Crippen LogP contribution in [0.25, 0.3) is 0 Å². The van der Waals surface area contributed by atoms with Crippen molar-refractivity contribution in [2.75, 3.05) is 13.6 Å². The third-order valence-corrected chi connectivity index (χ3v) is 4.82. The molecule has 4 heteroatoms. The molecule has 0 aromatic heterocycles. The van der Waals surface area contributed by atoms with Gasteiger partial charge in [0.25, 0.3) is 0 Å². The Kier molecular flexibility index (Phi) is 6.75. The van der Waals surface area contributed by atoms with E-state index >= 15 is 0 Å². The summed E-state index contributed by atoms with van der Waals surface area (Å²) < 4.78 is 4.59. The fourth-order valence-corrected chi connectivity index (χ4v) is 2.56. The van der Waals surface area contributed by atoms with Crippen LogP contribution in [0.3, 0.4) is 0 Å². The van der Waals surface area contributed by atoms with Crippen LogP contribution in [0.2, 0.25) is 0 Å². The predicted molar refractivity (Wildman–Crippen MR) is 92.8 cm³/mol. The minimum absolute atomic E-state index is 0.241. The summed E-state index contributed by atoms with van der Waals surface area (Å²) in [5.74, 6) is -0.955. The summed E-state index contributed by atoms with van der Waals surface area (Å²) in [7, 11) is 1.99. The minimum Gasteiger partial charge on any atom is -0.392 e. The Labute approximate surface area is 140 Å². The molecule has 130 valence electrons. The maximum absolute atomic E-state index is 11.3. The molecule has 0 aromatic carbocycles. The highest BCUT2D eigenvalue weighted by Crippen LogP contribution is 2.44. The van der Waals surface area contributed by atoms with E-state index in [2.05, 4.69) is 43.8 Å². The first-order valence-corrected chi connectivity index (χ1v) is 8.36. The van der Waals surface area contributed by atoms with Gasteiger partial charge in [0, 0.05) is 0 Å². The number of hydrogen-bond donors (Lipinski definition) is 1. The van der Waals surface area contributed by atoms with E-state index in [9.17, 15) is 9.59 Å². The fraction of sp³-hybridized carbons (Fsp3) is 0.684. The third kappa shape index (κ3) is 5.03. The number of cyclic esters (lactones) is 2. The maximum atomic E-state index is 11.3. The Hall–Kier alpha value is -1.42. The molecule has 0 saturated carbocycles. The zero-order chi connectivity index (χ0) is 17.7. The van der Waals surface area contributed by atoms with E-state index in [1.807, 2.05) is 19.2 Å². The molecule has 2 aliphatic rings. The second-order valence-electron chi connectivity index (χ2n) is 7.62. The topological polar surface area (TPSA) is 55.4 Å². The number of nitrogens with one attached hydrogen (secondary N) is 1. The van der Waals surface area contributed by atoms with Crippen molar-refractivity contribution in [3.05, 3.63) is 23.8 Å². The monoisotopic (exact) mass is 321 g/mol. The molecule has 2 rings (SSSR count). The Balaban J connectivity index is 0.000000232. The van der Waals surface area contributed by atoms with Crippen molar-refractivity contribution < 1.29 is 14.3 Å². The van der Waals surface area contributed by atoms with Crippen LogP contribution < -0.4 is 5.32 Å². The summed E-state index contributed by atoms with van der Waals surface area (Å²) in [6, 6.07) is 0. The molecule has 1 heterocycles. The van der Waals surface area contributed by atoms with E-state index in [0.717, 1.165) is 13.0 Å². The summed E-state index contributed by atoms with van der Waals surface area (Å²) >= 11 is 0. The molecule has 2 atom stereocenters. The highest BCUT2D eigenvalue weighted by atomic mass is 16.6. The molecular weight excluding hydrogens is 290 g/mol. The summed E-state index contributed by atoms with van der Waals surface area (Å²) in [6.45, 7) is 11.8. The van der Waals surface area contributed by atoms with Gasteiger partial charge in [0.2, 0.25) is 0 Å². The minimum atomic E-state index is -0.578. The number of esters is 2. The van der Waals surface area contributed by atoms with Gasteiger partial charge in [0.1, 0.15) is 0 Å². The van der Waals surface area contributed by atoms with Gasteiger partial charge < -0.3 is 10.1 Å². The van der Waals surface area contributed by atoms with Gasteiger partial charge in [-0.2, -0.15) is 0 Å². The van der Waals surface area contributed by atoms with Crippen LogP contribution >= 0.6 is 0 Å². The van der Waals surface area contributed by atoms with Crippen molar-refractivity contribution in [3.63, 3.8) is 0 Å². The molecule has 0 radical (unpaired) electrons. The summed E-state index contributed by atoms with van der Waals surface area (Å²) in [5, 5.41) is 3.13. The van der Waals surface area contributed by atoms with Crippen LogP contribution in [0.1, 0.15) is 53.9 Å². The van der Waals surface area contributed by atoms with E-state index in [-0.39, 0.29) is 17.9 Å². The Morgan fingerprint density at radius 2 is 2.04 bits per heavy atom. The van der Waals surface area contributed by atoms with E-state index < -0.39 is 5.41 Å². The zero-order valence-electron chi connectivity index (χ0n) is 15.4. The van der Waals surface area contributed by atoms with Gasteiger partial charge in [-0.15, -0.1) is 0 Å². The molecule has 1 saturated heterocycles. The van der Waals surface area contributed by atoms with Crippen LogP contribution in [-0.2, 0) is 14.3 Å². The molecule has 1 fully saturated rings. The SMILES string of the molecule is CC12CC=CCC1C(=O)OC2=O.CNCC/C=C(\C)C(C)(C)C. The number of carbonyl (C=O) groups excluding carboxylic acids is 2. The van der Waals surface area contributed by atoms with Gasteiger partial charge >= 0.3 is 11.9 Å². The molecule has 1 N–H and O–H groups in total. The molecule has 0 aromatic rings. The number of rotatable bonds is 3. The highest BCUT2D eigenvalue weighted by Gasteiger charge is 2.53. The van der Waals surface area contributed by atoms with Crippen molar-refractivity contribution in [3.8, 4) is 0 Å². The second kappa shape index (κ2) is 7.91. The molecule has 1 aliphatic heterocycles. The number of carbonyl (C=O) groups is 2. The molecule has 0 bridgehead atoms. The number of fused-ring (bicyclic) bond motifs is 1. The predicted octanol–water partition coefficient (Wildman–Crippen LogP) is 3.63. The quantitative estimate of drug-likeness (QED) is 0.373. The van der Waals surface area contributed by atoms with Crippen molar-refractivity contribution in [1.82, 2.24) is 5.32 Å². The van der Waals surface area contributed by atoms with E-state index in [1.54, 1.807) is 6.92 Å². The van der Waals surface area contributed by atoms with Crippen LogP contribution in [0.4, 0.5) is 0 Å². The average Bonchev–Trinajstić information content (AvgIpc) is 2.69. The Morgan fingerprint density at radius 3 is 2.57 bits per heavy atom. The van der Waals surface area contributed by atoms with Gasteiger partial charge in [0.15, 0.2) is 0 Å². The molecule has 0 amide bonds. The number of ether oxygens (including phenoxy) is 1. The van der Waals surface area contributed by atoms with Gasteiger partial charge in [-0.1, -0.05) is 44.6 Å². The lowest BCUT2D eigenvalue weighted by molar-refractivity contribution is -0.155. The smallest absolute Gasteiger partial charge is 0.320 e. The van der Waals surface area contributed by atoms with Crippen LogP contribution in [-0.4, -0.2) is 25.5 Å². The lowest BCUT2D eigenvalue weighted by Gasteiger charge is -2.25. The van der Waals surface area contributed by atoms with Crippen LogP contribution in [0, 0.1) is 16.7 Å². The fourth-order valence-electron chi connectivity index (χ4n) is 2.56. The Morgan fingerprint density at radius 1 is 1.39 bits per heavy atom. The maximum Gasteiger partial charge on any atom is 0.320 e. The first-order chi connectivity index (χ1) is 10.6. The lowest BCUT2D eigenvalue weighted by atomic mass is 9.72. The van der Waals surface area contributed by atoms with Crippen molar-refractivity contribution >= 4 is 11.9 Å². The molecular formula is C19H31NO3. The van der Waals surface area contributed by atoms with Gasteiger partial charge in [0.05, 0.1) is 11.3 Å². The second-order valence-corrected chi connectivity index (χ2v) is 7.62. The van der Waals surface area contributed by atoms with Crippen molar-refractivity contribution in [2.45, 2.75) is 53.9 Å². The Bertz CT molecular complexity index is 499. The number of allylic oxidation sites excluding steroid dienone is 3. The van der Waals surface area contributed by atoms with Gasteiger partial charge in [-0.05, 0) is 52.1 Å². The van der Waals surface area contributed by atoms with Gasteiger partial charge in [-0.3, -0.25) is 9.59 Å². The van der Waals surface area contributed by atoms with Crippen molar-refractivity contribution in [2.24, 2.45) is 16.7 Å². The molecule has 4 nitrogen and oxygen atoms in total.